The first kappa shape index (κ1) is 18.8. The molecule has 0 amide bonds. The van der Waals surface area contributed by atoms with Crippen molar-refractivity contribution in [3.8, 4) is 11.5 Å². The highest BCUT2D eigenvalue weighted by molar-refractivity contribution is 6.36. The number of hydrogen-bond donors (Lipinski definition) is 0. The van der Waals surface area contributed by atoms with Crippen LogP contribution in [0.4, 0.5) is 0 Å². The van der Waals surface area contributed by atoms with Crippen molar-refractivity contribution in [2.45, 2.75) is 51.4 Å². The first-order valence-electron chi connectivity index (χ1n) is 10.3. The number of pyridine rings is 1. The second-order valence-electron chi connectivity index (χ2n) is 7.68. The van der Waals surface area contributed by atoms with Gasteiger partial charge in [-0.05, 0) is 69.7 Å². The molecule has 2 aliphatic rings. The van der Waals surface area contributed by atoms with Crippen LogP contribution in [0.15, 0.2) is 12.1 Å². The van der Waals surface area contributed by atoms with Crippen LogP contribution >= 0.6 is 11.6 Å². The van der Waals surface area contributed by atoms with E-state index in [-0.39, 0.29) is 0 Å². The lowest BCUT2D eigenvalue weighted by Crippen LogP contribution is -2.21. The van der Waals surface area contributed by atoms with Crippen LogP contribution in [0.25, 0.3) is 10.9 Å². The van der Waals surface area contributed by atoms with Crippen LogP contribution in [0.2, 0.25) is 5.02 Å². The molecule has 1 aromatic heterocycles. The van der Waals surface area contributed by atoms with E-state index in [2.05, 4.69) is 4.90 Å². The number of rotatable bonds is 6. The number of nitrogens with zero attached hydrogens (tertiary/aromatic N) is 2. The van der Waals surface area contributed by atoms with Crippen LogP contribution in [0, 0.1) is 0 Å². The highest BCUT2D eigenvalue weighted by Crippen LogP contribution is 2.38. The number of hydrogen-bond acceptors (Lipinski definition) is 4. The van der Waals surface area contributed by atoms with E-state index >= 15 is 0 Å². The molecular formula is C22H29ClN2O2. The van der Waals surface area contributed by atoms with E-state index < -0.39 is 0 Å². The minimum atomic E-state index is 0.692. The Balaban J connectivity index is 1.55. The molecule has 4 rings (SSSR count). The normalized spacial score (nSPS) is 17.7. The molecule has 0 spiro atoms. The number of likely N-dealkylation sites (tertiary alicyclic amines) is 1. The summed E-state index contributed by atoms with van der Waals surface area (Å²) in [6, 6.07) is 3.99. The van der Waals surface area contributed by atoms with Gasteiger partial charge in [-0.3, -0.25) is 4.98 Å². The van der Waals surface area contributed by atoms with Gasteiger partial charge in [0.25, 0.3) is 0 Å². The van der Waals surface area contributed by atoms with Gasteiger partial charge in [0.05, 0.1) is 24.3 Å². The molecule has 4 nitrogen and oxygen atoms in total. The molecule has 1 fully saturated rings. The number of aromatic nitrogens is 1. The number of benzene rings is 1. The lowest BCUT2D eigenvalue weighted by atomic mass is 10.0. The third-order valence-corrected chi connectivity index (χ3v) is 6.23. The quantitative estimate of drug-likeness (QED) is 0.513. The molecule has 5 heteroatoms. The Morgan fingerprint density at radius 3 is 2.67 bits per heavy atom. The molecule has 0 atom stereocenters. The van der Waals surface area contributed by atoms with Crippen LogP contribution < -0.4 is 9.47 Å². The highest BCUT2D eigenvalue weighted by atomic mass is 35.5. The van der Waals surface area contributed by atoms with E-state index in [1.54, 1.807) is 7.11 Å². The molecule has 1 aromatic carbocycles. The Labute approximate surface area is 166 Å². The van der Waals surface area contributed by atoms with Gasteiger partial charge in [-0.1, -0.05) is 18.0 Å². The van der Waals surface area contributed by atoms with E-state index in [9.17, 15) is 0 Å². The van der Waals surface area contributed by atoms with Crippen molar-refractivity contribution in [3.05, 3.63) is 28.4 Å². The Morgan fingerprint density at radius 1 is 1.04 bits per heavy atom. The second-order valence-corrected chi connectivity index (χ2v) is 8.06. The van der Waals surface area contributed by atoms with Gasteiger partial charge in [-0.25, -0.2) is 0 Å². The van der Waals surface area contributed by atoms with Crippen LogP contribution in [0.3, 0.4) is 0 Å². The summed E-state index contributed by atoms with van der Waals surface area (Å²) in [7, 11) is 1.68. The van der Waals surface area contributed by atoms with Gasteiger partial charge in [-0.15, -0.1) is 0 Å². The standard InChI is InChI=1S/C22H29ClN2O2/c1-26-20-14-17-19(24-18-9-4-2-3-8-16(18)22(17)23)15-21(20)27-13-7-12-25-10-5-6-11-25/h14-15H,2-13H2,1H3. The highest BCUT2D eigenvalue weighted by Gasteiger charge is 2.18. The van der Waals surface area contributed by atoms with Gasteiger partial charge in [-0.2, -0.15) is 0 Å². The van der Waals surface area contributed by atoms with E-state index in [1.165, 1.54) is 50.8 Å². The zero-order valence-electron chi connectivity index (χ0n) is 16.2. The molecule has 0 unspecified atom stereocenters. The topological polar surface area (TPSA) is 34.6 Å². The Hall–Kier alpha value is -1.52. The lowest BCUT2D eigenvalue weighted by Gasteiger charge is -2.17. The summed E-state index contributed by atoms with van der Waals surface area (Å²) in [5.41, 5.74) is 3.30. The van der Waals surface area contributed by atoms with Crippen molar-refractivity contribution in [2.24, 2.45) is 0 Å². The van der Waals surface area contributed by atoms with Gasteiger partial charge >= 0.3 is 0 Å². The summed E-state index contributed by atoms with van der Waals surface area (Å²) in [5.74, 6) is 1.50. The third-order valence-electron chi connectivity index (χ3n) is 5.80. The fourth-order valence-electron chi connectivity index (χ4n) is 4.30. The fourth-order valence-corrected chi connectivity index (χ4v) is 4.66. The summed E-state index contributed by atoms with van der Waals surface area (Å²) in [5, 5.41) is 1.81. The van der Waals surface area contributed by atoms with Crippen molar-refractivity contribution < 1.29 is 9.47 Å². The minimum absolute atomic E-state index is 0.692. The van der Waals surface area contributed by atoms with Crippen LogP contribution in [0.1, 0.15) is 49.8 Å². The molecule has 1 saturated heterocycles. The summed E-state index contributed by atoms with van der Waals surface area (Å²) in [4.78, 5) is 7.45. The summed E-state index contributed by atoms with van der Waals surface area (Å²) in [6.45, 7) is 4.25. The number of ether oxygens (including phenoxy) is 2. The van der Waals surface area contributed by atoms with Gasteiger partial charge in [0.15, 0.2) is 11.5 Å². The molecule has 0 saturated carbocycles. The summed E-state index contributed by atoms with van der Waals surface area (Å²) >= 11 is 6.77. The predicted octanol–water partition coefficient (Wildman–Crippen LogP) is 5.03. The molecule has 0 bridgehead atoms. The number of fused-ring (bicyclic) bond motifs is 2. The molecular weight excluding hydrogens is 360 g/mol. The van der Waals surface area contributed by atoms with Crippen molar-refractivity contribution in [1.82, 2.24) is 9.88 Å². The van der Waals surface area contributed by atoms with Crippen LogP contribution in [-0.2, 0) is 12.8 Å². The van der Waals surface area contributed by atoms with E-state index in [1.807, 2.05) is 12.1 Å². The Kier molecular flexibility index (Phi) is 6.04. The average Bonchev–Trinajstić information content (AvgIpc) is 3.09. The van der Waals surface area contributed by atoms with Gasteiger partial charge in [0, 0.05) is 23.7 Å². The van der Waals surface area contributed by atoms with Crippen molar-refractivity contribution in [3.63, 3.8) is 0 Å². The lowest BCUT2D eigenvalue weighted by molar-refractivity contribution is 0.254. The molecule has 2 heterocycles. The van der Waals surface area contributed by atoms with Gasteiger partial charge in [0.2, 0.25) is 0 Å². The molecule has 0 radical (unpaired) electrons. The Morgan fingerprint density at radius 2 is 1.85 bits per heavy atom. The molecule has 1 aliphatic heterocycles. The van der Waals surface area contributed by atoms with Crippen LogP contribution in [-0.4, -0.2) is 43.2 Å². The molecule has 27 heavy (non-hydrogen) atoms. The van der Waals surface area contributed by atoms with Crippen LogP contribution in [0.5, 0.6) is 11.5 Å². The molecule has 2 aromatic rings. The molecule has 1 aliphatic carbocycles. The van der Waals surface area contributed by atoms with Gasteiger partial charge in [0.1, 0.15) is 0 Å². The maximum atomic E-state index is 6.77. The average molecular weight is 389 g/mol. The van der Waals surface area contributed by atoms with Crippen molar-refractivity contribution in [1.29, 1.82) is 0 Å². The first-order valence-corrected chi connectivity index (χ1v) is 10.7. The molecule has 146 valence electrons. The maximum absolute atomic E-state index is 6.77. The fraction of sp³-hybridized carbons (Fsp3) is 0.591. The van der Waals surface area contributed by atoms with Crippen molar-refractivity contribution in [2.75, 3.05) is 33.4 Å². The van der Waals surface area contributed by atoms with E-state index in [4.69, 9.17) is 26.1 Å². The van der Waals surface area contributed by atoms with E-state index in [0.717, 1.165) is 58.9 Å². The largest absolute Gasteiger partial charge is 0.493 e. The monoisotopic (exact) mass is 388 g/mol. The maximum Gasteiger partial charge on any atom is 0.163 e. The minimum Gasteiger partial charge on any atom is -0.493 e. The Bertz CT molecular complexity index is 803. The second kappa shape index (κ2) is 8.66. The van der Waals surface area contributed by atoms with Crippen molar-refractivity contribution >= 4 is 22.5 Å². The number of aryl methyl sites for hydroxylation is 1. The van der Waals surface area contributed by atoms with Gasteiger partial charge < -0.3 is 14.4 Å². The summed E-state index contributed by atoms with van der Waals surface area (Å²) < 4.78 is 11.7. The SMILES string of the molecule is COc1cc2c(Cl)c3c(nc2cc1OCCCN1CCCC1)CCCCC3. The first-order chi connectivity index (χ1) is 13.3. The predicted molar refractivity (Wildman–Crippen MR) is 110 cm³/mol. The van der Waals surface area contributed by atoms with E-state index in [0.29, 0.717) is 6.61 Å². The zero-order valence-corrected chi connectivity index (χ0v) is 17.0. The third kappa shape index (κ3) is 4.17. The smallest absolute Gasteiger partial charge is 0.163 e. The zero-order chi connectivity index (χ0) is 18.6. The number of halogens is 1. The number of methoxy groups -OCH3 is 1. The summed E-state index contributed by atoms with van der Waals surface area (Å²) in [6.07, 6.45) is 9.35. The molecule has 0 N–H and O–H groups in total.